The normalized spacial score (nSPS) is 12.6. The molecule has 0 bridgehead atoms. The number of nitrogens with two attached hydrogens (primary N) is 1. The second-order valence-electron chi connectivity index (χ2n) is 5.55. The van der Waals surface area contributed by atoms with Crippen LogP contribution in [0.25, 0.3) is 21.5 Å². The molecule has 0 fully saturated rings. The summed E-state index contributed by atoms with van der Waals surface area (Å²) in [5.41, 5.74) is 6.14. The van der Waals surface area contributed by atoms with Crippen LogP contribution in [-0.2, 0) is 9.53 Å². The van der Waals surface area contributed by atoms with E-state index >= 15 is 0 Å². The molecule has 0 aliphatic heterocycles. The Balaban J connectivity index is 0.00000225. The van der Waals surface area contributed by atoms with E-state index in [4.69, 9.17) is 5.73 Å². The van der Waals surface area contributed by atoms with Crippen molar-refractivity contribution >= 4 is 39.9 Å². The van der Waals surface area contributed by atoms with Crippen LogP contribution in [0.5, 0.6) is 0 Å². The van der Waals surface area contributed by atoms with Crippen LogP contribution in [0.3, 0.4) is 0 Å². The second-order valence-corrected chi connectivity index (χ2v) is 5.55. The van der Waals surface area contributed by atoms with Crippen LogP contribution in [0.4, 0.5) is 8.78 Å². The maximum Gasteiger partial charge on any atom is 0.379 e. The van der Waals surface area contributed by atoms with Gasteiger partial charge in [0.2, 0.25) is 0 Å². The number of carbonyl (C=O) groups excluding carboxylic acids is 1. The van der Waals surface area contributed by atoms with Crippen molar-refractivity contribution in [1.82, 2.24) is 0 Å². The van der Waals surface area contributed by atoms with Gasteiger partial charge >= 0.3 is 11.9 Å². The third kappa shape index (κ3) is 3.30. The maximum atomic E-state index is 14.5. The summed E-state index contributed by atoms with van der Waals surface area (Å²) in [6.45, 7) is 1.35. The van der Waals surface area contributed by atoms with E-state index in [9.17, 15) is 13.6 Å². The molecule has 0 radical (unpaired) electrons. The standard InChI is InChI=1S/C19H17F2NO2.ClH/c1-2-24-18(23)19(20,21)17(22)16-14-9-5-3-7-12(14)11-13-8-4-6-10-15(13)16;/h3-11,17H,2,22H2,1H3;1H/t17-;/m1./s1. The Bertz CT molecular complexity index is 860. The number of halogens is 3. The fraction of sp³-hybridized carbons (Fsp3) is 0.211. The summed E-state index contributed by atoms with van der Waals surface area (Å²) in [6, 6.07) is 14.4. The number of rotatable bonds is 4. The van der Waals surface area contributed by atoms with E-state index in [0.717, 1.165) is 10.8 Å². The lowest BCUT2D eigenvalue weighted by molar-refractivity contribution is -0.174. The van der Waals surface area contributed by atoms with Crippen LogP contribution in [-0.4, -0.2) is 18.5 Å². The molecule has 3 rings (SSSR count). The first-order chi connectivity index (χ1) is 11.5. The summed E-state index contributed by atoms with van der Waals surface area (Å²) in [4.78, 5) is 11.7. The average Bonchev–Trinajstić information content (AvgIpc) is 2.59. The molecule has 0 unspecified atom stereocenters. The molecule has 0 saturated heterocycles. The summed E-state index contributed by atoms with van der Waals surface area (Å²) >= 11 is 0. The summed E-state index contributed by atoms with van der Waals surface area (Å²) in [5, 5.41) is 2.79. The number of hydrogen-bond donors (Lipinski definition) is 1. The molecule has 0 amide bonds. The summed E-state index contributed by atoms with van der Waals surface area (Å²) < 4.78 is 33.6. The Morgan fingerprint density at radius 3 is 2.04 bits per heavy atom. The molecule has 0 spiro atoms. The first kappa shape index (κ1) is 19.1. The van der Waals surface area contributed by atoms with Crippen molar-refractivity contribution in [3.63, 3.8) is 0 Å². The monoisotopic (exact) mass is 365 g/mol. The van der Waals surface area contributed by atoms with Crippen molar-refractivity contribution in [2.75, 3.05) is 6.61 Å². The summed E-state index contributed by atoms with van der Waals surface area (Å²) in [5.74, 6) is -5.42. The smallest absolute Gasteiger partial charge is 0.379 e. The van der Waals surface area contributed by atoms with Gasteiger partial charge in [0.25, 0.3) is 0 Å². The van der Waals surface area contributed by atoms with E-state index in [1.807, 2.05) is 30.3 Å². The molecular weight excluding hydrogens is 348 g/mol. The van der Waals surface area contributed by atoms with Gasteiger partial charge in [0.05, 0.1) is 6.61 Å². The maximum absolute atomic E-state index is 14.5. The highest BCUT2D eigenvalue weighted by Crippen LogP contribution is 2.39. The second kappa shape index (κ2) is 7.33. The molecule has 1 atom stereocenters. The quantitative estimate of drug-likeness (QED) is 0.542. The SMILES string of the molecule is CCOC(=O)C(F)(F)[C@H](N)c1c2ccccc2cc2ccccc12.Cl. The van der Waals surface area contributed by atoms with Gasteiger partial charge in [0, 0.05) is 0 Å². The van der Waals surface area contributed by atoms with Crippen LogP contribution in [0.15, 0.2) is 54.6 Å². The fourth-order valence-corrected chi connectivity index (χ4v) is 2.92. The molecule has 25 heavy (non-hydrogen) atoms. The van der Waals surface area contributed by atoms with E-state index in [1.165, 1.54) is 6.92 Å². The Morgan fingerprint density at radius 2 is 1.56 bits per heavy atom. The van der Waals surface area contributed by atoms with Gasteiger partial charge in [0.15, 0.2) is 0 Å². The zero-order chi connectivity index (χ0) is 17.3. The van der Waals surface area contributed by atoms with E-state index in [1.54, 1.807) is 24.3 Å². The lowest BCUT2D eigenvalue weighted by Gasteiger charge is -2.24. The van der Waals surface area contributed by atoms with Crippen molar-refractivity contribution in [2.45, 2.75) is 18.9 Å². The van der Waals surface area contributed by atoms with Crippen LogP contribution < -0.4 is 5.73 Å². The molecule has 0 aliphatic rings. The summed E-state index contributed by atoms with van der Waals surface area (Å²) in [6.07, 6.45) is 0. The molecule has 2 N–H and O–H groups in total. The number of hydrogen-bond acceptors (Lipinski definition) is 3. The minimum absolute atomic E-state index is 0. The Morgan fingerprint density at radius 1 is 1.08 bits per heavy atom. The lowest BCUT2D eigenvalue weighted by atomic mass is 9.90. The van der Waals surface area contributed by atoms with Crippen molar-refractivity contribution in [1.29, 1.82) is 0 Å². The van der Waals surface area contributed by atoms with Crippen molar-refractivity contribution in [3.05, 3.63) is 60.2 Å². The molecule has 6 heteroatoms. The molecular formula is C19H18ClF2NO2. The Kier molecular flexibility index (Phi) is 5.60. The molecule has 0 saturated carbocycles. The van der Waals surface area contributed by atoms with Crippen LogP contribution >= 0.6 is 12.4 Å². The molecule has 3 nitrogen and oxygen atoms in total. The zero-order valence-electron chi connectivity index (χ0n) is 13.5. The highest BCUT2D eigenvalue weighted by atomic mass is 35.5. The van der Waals surface area contributed by atoms with Crippen molar-refractivity contribution in [3.8, 4) is 0 Å². The number of alkyl halides is 2. The van der Waals surface area contributed by atoms with Gasteiger partial charge in [-0.3, -0.25) is 0 Å². The Labute approximate surface area is 150 Å². The van der Waals surface area contributed by atoms with Gasteiger partial charge in [-0.2, -0.15) is 8.78 Å². The molecule has 0 aromatic heterocycles. The zero-order valence-corrected chi connectivity index (χ0v) is 14.4. The topological polar surface area (TPSA) is 52.3 Å². The first-order valence-electron chi connectivity index (χ1n) is 7.67. The predicted octanol–water partition coefficient (Wildman–Crippen LogP) is 4.61. The molecule has 0 heterocycles. The van der Waals surface area contributed by atoms with Gasteiger partial charge in [-0.05, 0) is 40.1 Å². The molecule has 132 valence electrons. The molecule has 3 aromatic carbocycles. The third-order valence-corrected chi connectivity index (χ3v) is 4.06. The number of carbonyl (C=O) groups is 1. The number of esters is 1. The lowest BCUT2D eigenvalue weighted by Crippen LogP contribution is -2.42. The van der Waals surface area contributed by atoms with Crippen molar-refractivity contribution in [2.24, 2.45) is 5.73 Å². The largest absolute Gasteiger partial charge is 0.462 e. The van der Waals surface area contributed by atoms with Gasteiger partial charge < -0.3 is 10.5 Å². The minimum atomic E-state index is -3.82. The minimum Gasteiger partial charge on any atom is -0.462 e. The Hall–Kier alpha value is -2.24. The highest BCUT2D eigenvalue weighted by molar-refractivity contribution is 6.03. The van der Waals surface area contributed by atoms with Gasteiger partial charge in [-0.1, -0.05) is 48.5 Å². The third-order valence-electron chi connectivity index (χ3n) is 4.06. The molecule has 3 aromatic rings. The van der Waals surface area contributed by atoms with E-state index in [0.29, 0.717) is 10.8 Å². The highest BCUT2D eigenvalue weighted by Gasteiger charge is 2.48. The number of benzene rings is 3. The van der Waals surface area contributed by atoms with Gasteiger partial charge in [-0.25, -0.2) is 4.79 Å². The first-order valence-corrected chi connectivity index (χ1v) is 7.67. The van der Waals surface area contributed by atoms with E-state index < -0.39 is 17.9 Å². The van der Waals surface area contributed by atoms with Gasteiger partial charge in [-0.15, -0.1) is 12.4 Å². The van der Waals surface area contributed by atoms with Crippen LogP contribution in [0.2, 0.25) is 0 Å². The predicted molar refractivity (Wildman–Crippen MR) is 97.2 cm³/mol. The van der Waals surface area contributed by atoms with E-state index in [-0.39, 0.29) is 24.6 Å². The van der Waals surface area contributed by atoms with Crippen LogP contribution in [0.1, 0.15) is 18.5 Å². The van der Waals surface area contributed by atoms with E-state index in [2.05, 4.69) is 4.74 Å². The van der Waals surface area contributed by atoms with Crippen molar-refractivity contribution < 1.29 is 18.3 Å². The van der Waals surface area contributed by atoms with Crippen LogP contribution in [0, 0.1) is 0 Å². The molecule has 0 aliphatic carbocycles. The number of fused-ring (bicyclic) bond motifs is 2. The average molecular weight is 366 g/mol. The van der Waals surface area contributed by atoms with Gasteiger partial charge in [0.1, 0.15) is 6.04 Å². The number of ether oxygens (including phenoxy) is 1. The fourth-order valence-electron chi connectivity index (χ4n) is 2.92. The summed E-state index contributed by atoms with van der Waals surface area (Å²) in [7, 11) is 0.